The maximum absolute atomic E-state index is 11.1. The Bertz CT molecular complexity index is 177. The summed E-state index contributed by atoms with van der Waals surface area (Å²) < 4.78 is 16.2. The first-order valence-corrected chi connectivity index (χ1v) is 6.78. The molecule has 0 amide bonds. The van der Waals surface area contributed by atoms with Gasteiger partial charge in [-0.1, -0.05) is 6.92 Å². The highest BCUT2D eigenvalue weighted by atomic mass is 32.2. The summed E-state index contributed by atoms with van der Waals surface area (Å²) in [5.41, 5.74) is 0. The van der Waals surface area contributed by atoms with Crippen molar-refractivity contribution in [3.63, 3.8) is 0 Å². The van der Waals surface area contributed by atoms with Crippen molar-refractivity contribution in [3.8, 4) is 0 Å². The predicted molar refractivity (Wildman–Crippen MR) is 59.9 cm³/mol. The Morgan fingerprint density at radius 1 is 1.50 bits per heavy atom. The van der Waals surface area contributed by atoms with Gasteiger partial charge in [0.15, 0.2) is 0 Å². The maximum Gasteiger partial charge on any atom is 0.0499 e. The molecule has 84 valence electrons. The lowest BCUT2D eigenvalue weighted by molar-refractivity contribution is 0.156. The van der Waals surface area contributed by atoms with Crippen LogP contribution in [-0.2, 0) is 15.5 Å². The molecule has 0 bridgehead atoms. The quantitative estimate of drug-likeness (QED) is 0.742. The second-order valence-electron chi connectivity index (χ2n) is 4.09. The molecule has 1 atom stereocenters. The van der Waals surface area contributed by atoms with Gasteiger partial charge < -0.3 is 10.1 Å². The molecule has 0 saturated carbocycles. The van der Waals surface area contributed by atoms with Crippen molar-refractivity contribution in [2.75, 3.05) is 31.8 Å². The van der Waals surface area contributed by atoms with Gasteiger partial charge in [-0.15, -0.1) is 0 Å². The third-order valence-corrected chi connectivity index (χ3v) is 3.98. The van der Waals surface area contributed by atoms with Crippen molar-refractivity contribution in [2.24, 2.45) is 5.92 Å². The molecule has 1 rings (SSSR count). The van der Waals surface area contributed by atoms with Crippen LogP contribution in [0.1, 0.15) is 19.8 Å². The molecule has 0 aromatic carbocycles. The van der Waals surface area contributed by atoms with E-state index in [4.69, 9.17) is 4.74 Å². The van der Waals surface area contributed by atoms with E-state index in [1.165, 1.54) is 0 Å². The topological polar surface area (TPSA) is 38.3 Å². The summed E-state index contributed by atoms with van der Waals surface area (Å²) in [6.07, 6.45) is 2.12. The number of nitrogens with one attached hydrogen (secondary N) is 1. The maximum atomic E-state index is 11.1. The first-order chi connectivity index (χ1) is 6.72. The summed E-state index contributed by atoms with van der Waals surface area (Å²) in [6.45, 7) is 3.99. The molecule has 1 saturated heterocycles. The molecule has 0 aromatic heterocycles. The molecule has 1 aliphatic rings. The summed E-state index contributed by atoms with van der Waals surface area (Å²) >= 11 is 0. The van der Waals surface area contributed by atoms with Gasteiger partial charge in [0.25, 0.3) is 0 Å². The highest BCUT2D eigenvalue weighted by Crippen LogP contribution is 2.09. The third-order valence-electron chi connectivity index (χ3n) is 2.59. The molecule has 1 unspecified atom stereocenters. The van der Waals surface area contributed by atoms with Crippen LogP contribution >= 0.6 is 0 Å². The lowest BCUT2D eigenvalue weighted by atomic mass is 10.1. The van der Waals surface area contributed by atoms with Crippen molar-refractivity contribution < 1.29 is 8.95 Å². The van der Waals surface area contributed by atoms with Crippen LogP contribution in [0.15, 0.2) is 0 Å². The molecule has 1 fully saturated rings. The van der Waals surface area contributed by atoms with Gasteiger partial charge in [-0.25, -0.2) is 0 Å². The van der Waals surface area contributed by atoms with Crippen molar-refractivity contribution in [1.82, 2.24) is 5.32 Å². The molecule has 0 radical (unpaired) electrons. The Balaban J connectivity index is 2.09. The van der Waals surface area contributed by atoms with Crippen LogP contribution in [0.25, 0.3) is 0 Å². The van der Waals surface area contributed by atoms with Gasteiger partial charge in [0.2, 0.25) is 0 Å². The van der Waals surface area contributed by atoms with E-state index in [1.807, 2.05) is 0 Å². The highest BCUT2D eigenvalue weighted by Gasteiger charge is 2.17. The van der Waals surface area contributed by atoms with Crippen LogP contribution in [0.5, 0.6) is 0 Å². The fourth-order valence-electron chi connectivity index (χ4n) is 1.71. The Morgan fingerprint density at radius 3 is 2.71 bits per heavy atom. The lowest BCUT2D eigenvalue weighted by Crippen LogP contribution is -2.38. The lowest BCUT2D eigenvalue weighted by Gasteiger charge is -2.24. The van der Waals surface area contributed by atoms with E-state index in [9.17, 15) is 4.21 Å². The molecule has 1 heterocycles. The largest absolute Gasteiger partial charge is 0.384 e. The van der Waals surface area contributed by atoms with E-state index in [-0.39, 0.29) is 0 Å². The Hall–Kier alpha value is 0.0700. The first kappa shape index (κ1) is 12.1. The predicted octanol–water partition coefficient (Wildman–Crippen LogP) is 0.770. The van der Waals surface area contributed by atoms with Crippen LogP contribution in [0.3, 0.4) is 0 Å². The molecule has 1 N–H and O–H groups in total. The van der Waals surface area contributed by atoms with Gasteiger partial charge in [0, 0.05) is 48.6 Å². The minimum atomic E-state index is -0.543. The molecule has 4 heteroatoms. The standard InChI is InChI=1S/C10H21NO2S/c1-9(8-13-2)7-11-10-3-5-14(12)6-4-10/h9-11H,3-8H2,1-2H3. The number of hydrogen-bond acceptors (Lipinski definition) is 3. The molecular formula is C10H21NO2S. The summed E-state index contributed by atoms with van der Waals surface area (Å²) in [6, 6.07) is 0.576. The molecule has 0 aliphatic carbocycles. The summed E-state index contributed by atoms with van der Waals surface area (Å²) in [7, 11) is 1.19. The van der Waals surface area contributed by atoms with E-state index in [0.29, 0.717) is 12.0 Å². The van der Waals surface area contributed by atoms with Crippen molar-refractivity contribution in [3.05, 3.63) is 0 Å². The Morgan fingerprint density at radius 2 is 2.14 bits per heavy atom. The van der Waals surface area contributed by atoms with Crippen LogP contribution in [0, 0.1) is 5.92 Å². The van der Waals surface area contributed by atoms with Crippen LogP contribution in [0.2, 0.25) is 0 Å². The first-order valence-electron chi connectivity index (χ1n) is 5.29. The van der Waals surface area contributed by atoms with E-state index < -0.39 is 10.8 Å². The van der Waals surface area contributed by atoms with Gasteiger partial charge >= 0.3 is 0 Å². The summed E-state index contributed by atoms with van der Waals surface area (Å²) in [5.74, 6) is 2.31. The zero-order valence-electron chi connectivity index (χ0n) is 9.12. The molecule has 0 aromatic rings. The van der Waals surface area contributed by atoms with Gasteiger partial charge in [0.1, 0.15) is 0 Å². The normalized spacial score (nSPS) is 30.1. The number of methoxy groups -OCH3 is 1. The van der Waals surface area contributed by atoms with Gasteiger partial charge in [-0.2, -0.15) is 0 Å². The van der Waals surface area contributed by atoms with Crippen LogP contribution in [-0.4, -0.2) is 42.0 Å². The van der Waals surface area contributed by atoms with Gasteiger partial charge in [0.05, 0.1) is 0 Å². The molecule has 14 heavy (non-hydrogen) atoms. The number of hydrogen-bond donors (Lipinski definition) is 1. The smallest absolute Gasteiger partial charge is 0.0499 e. The zero-order chi connectivity index (χ0) is 10.4. The molecular weight excluding hydrogens is 198 g/mol. The minimum absolute atomic E-state index is 0.543. The third kappa shape index (κ3) is 4.53. The van der Waals surface area contributed by atoms with Crippen molar-refractivity contribution in [2.45, 2.75) is 25.8 Å². The van der Waals surface area contributed by atoms with Gasteiger partial charge in [-0.05, 0) is 18.8 Å². The Labute approximate surface area is 89.1 Å². The monoisotopic (exact) mass is 219 g/mol. The second kappa shape index (κ2) is 6.53. The molecule has 3 nitrogen and oxygen atoms in total. The SMILES string of the molecule is COCC(C)CNC1CCS(=O)CC1. The minimum Gasteiger partial charge on any atom is -0.384 e. The summed E-state index contributed by atoms with van der Waals surface area (Å²) in [4.78, 5) is 0. The number of rotatable bonds is 5. The fraction of sp³-hybridized carbons (Fsp3) is 1.00. The van der Waals surface area contributed by atoms with Crippen molar-refractivity contribution >= 4 is 10.8 Å². The molecule has 0 spiro atoms. The fourth-order valence-corrected chi connectivity index (χ4v) is 3.01. The average Bonchev–Trinajstić information content (AvgIpc) is 2.17. The van der Waals surface area contributed by atoms with E-state index in [0.717, 1.165) is 37.5 Å². The number of ether oxygens (including phenoxy) is 1. The Kier molecular flexibility index (Phi) is 5.67. The van der Waals surface area contributed by atoms with E-state index in [2.05, 4.69) is 12.2 Å². The van der Waals surface area contributed by atoms with Crippen molar-refractivity contribution in [1.29, 1.82) is 0 Å². The average molecular weight is 219 g/mol. The van der Waals surface area contributed by atoms with E-state index >= 15 is 0 Å². The summed E-state index contributed by atoms with van der Waals surface area (Å²) in [5, 5.41) is 3.51. The second-order valence-corrected chi connectivity index (χ2v) is 5.79. The zero-order valence-corrected chi connectivity index (χ0v) is 9.94. The van der Waals surface area contributed by atoms with Crippen LogP contribution in [0.4, 0.5) is 0 Å². The van der Waals surface area contributed by atoms with Gasteiger partial charge in [-0.3, -0.25) is 4.21 Å². The molecule has 1 aliphatic heterocycles. The van der Waals surface area contributed by atoms with E-state index in [1.54, 1.807) is 7.11 Å². The van der Waals surface area contributed by atoms with Crippen LogP contribution < -0.4 is 5.32 Å². The highest BCUT2D eigenvalue weighted by molar-refractivity contribution is 7.85.